The maximum absolute atomic E-state index is 6.00. The van der Waals surface area contributed by atoms with Gasteiger partial charge in [0.1, 0.15) is 0 Å². The van der Waals surface area contributed by atoms with Gasteiger partial charge in [0.25, 0.3) is 0 Å². The summed E-state index contributed by atoms with van der Waals surface area (Å²) in [5.74, 6) is 0. The van der Waals surface area contributed by atoms with Gasteiger partial charge >= 0.3 is 0 Å². The van der Waals surface area contributed by atoms with Gasteiger partial charge in [0.2, 0.25) is 0 Å². The van der Waals surface area contributed by atoms with Crippen LogP contribution in [0.1, 0.15) is 0 Å². The van der Waals surface area contributed by atoms with E-state index in [1.54, 1.807) is 0 Å². The van der Waals surface area contributed by atoms with E-state index in [1.165, 1.54) is 5.30 Å². The Labute approximate surface area is 80.6 Å². The standard InChI is InChI=1S/C6H7P.2ClH.H2O2/c7-6-4-2-1-3-5-6;;;1-2/h1-5H,7H2;2*1H;1-2H. The van der Waals surface area contributed by atoms with Crippen LogP contribution >= 0.6 is 34.1 Å². The van der Waals surface area contributed by atoms with Crippen LogP contribution in [0, 0.1) is 0 Å². The monoisotopic (exact) mass is 216 g/mol. The van der Waals surface area contributed by atoms with Crippen LogP contribution in [0.4, 0.5) is 0 Å². The molecule has 0 aliphatic heterocycles. The minimum atomic E-state index is 0. The zero-order chi connectivity index (χ0) is 7.11. The first-order chi connectivity index (χ1) is 4.39. The average Bonchev–Trinajstić information content (AvgIpc) is 1.94. The molecule has 0 radical (unpaired) electrons. The van der Waals surface area contributed by atoms with E-state index < -0.39 is 0 Å². The van der Waals surface area contributed by atoms with Gasteiger partial charge in [0.05, 0.1) is 0 Å². The van der Waals surface area contributed by atoms with E-state index >= 15 is 0 Å². The molecule has 0 fully saturated rings. The largest absolute Gasteiger partial charge is 0.255 e. The summed E-state index contributed by atoms with van der Waals surface area (Å²) in [7, 11) is 2.63. The Morgan fingerprint density at radius 1 is 0.909 bits per heavy atom. The molecule has 0 heterocycles. The number of rotatable bonds is 0. The van der Waals surface area contributed by atoms with E-state index in [0.717, 1.165) is 0 Å². The summed E-state index contributed by atoms with van der Waals surface area (Å²) in [5.41, 5.74) is 0. The highest BCUT2D eigenvalue weighted by molar-refractivity contribution is 7.27. The Balaban J connectivity index is -0.000000149. The lowest BCUT2D eigenvalue weighted by atomic mass is 10.4. The van der Waals surface area contributed by atoms with Gasteiger partial charge < -0.3 is 0 Å². The number of hydrogen-bond donors (Lipinski definition) is 2. The van der Waals surface area contributed by atoms with E-state index in [2.05, 4.69) is 9.24 Å². The first-order valence-electron chi connectivity index (χ1n) is 2.40. The van der Waals surface area contributed by atoms with Crippen molar-refractivity contribution in [3.8, 4) is 0 Å². The van der Waals surface area contributed by atoms with E-state index in [0.29, 0.717) is 0 Å². The molecule has 0 amide bonds. The van der Waals surface area contributed by atoms with Crippen molar-refractivity contribution >= 4 is 39.4 Å². The van der Waals surface area contributed by atoms with Gasteiger partial charge in [-0.2, -0.15) is 0 Å². The molecule has 0 bridgehead atoms. The zero-order valence-electron chi connectivity index (χ0n) is 5.68. The summed E-state index contributed by atoms with van der Waals surface area (Å²) in [4.78, 5) is 0. The summed E-state index contributed by atoms with van der Waals surface area (Å²) in [6.45, 7) is 0. The molecule has 11 heavy (non-hydrogen) atoms. The second-order valence-corrected chi connectivity index (χ2v) is 2.08. The van der Waals surface area contributed by atoms with Gasteiger partial charge in [0.15, 0.2) is 0 Å². The first kappa shape index (κ1) is 17.3. The third-order valence-corrected chi connectivity index (χ3v) is 1.18. The van der Waals surface area contributed by atoms with Crippen molar-refractivity contribution in [3.05, 3.63) is 30.3 Å². The highest BCUT2D eigenvalue weighted by Gasteiger charge is 1.72. The molecule has 1 atom stereocenters. The summed E-state index contributed by atoms with van der Waals surface area (Å²) < 4.78 is 0. The maximum atomic E-state index is 6.00. The van der Waals surface area contributed by atoms with Crippen molar-refractivity contribution in [1.29, 1.82) is 0 Å². The Kier molecular flexibility index (Phi) is 20.1. The lowest BCUT2D eigenvalue weighted by Gasteiger charge is -1.82. The van der Waals surface area contributed by atoms with Gasteiger partial charge in [-0.15, -0.1) is 34.1 Å². The minimum absolute atomic E-state index is 0. The molecule has 1 aromatic carbocycles. The van der Waals surface area contributed by atoms with Crippen LogP contribution in [0.25, 0.3) is 0 Å². The molecule has 66 valence electrons. The summed E-state index contributed by atoms with van der Waals surface area (Å²) in [6, 6.07) is 10.1. The van der Waals surface area contributed by atoms with Crippen LogP contribution in [0.2, 0.25) is 0 Å². The van der Waals surface area contributed by atoms with Crippen molar-refractivity contribution in [2.24, 2.45) is 0 Å². The Hall–Kier alpha value is 0.150. The van der Waals surface area contributed by atoms with Crippen LogP contribution in [-0.2, 0) is 0 Å². The molecular weight excluding hydrogens is 206 g/mol. The minimum Gasteiger partial charge on any atom is -0.255 e. The van der Waals surface area contributed by atoms with Crippen LogP contribution in [-0.4, -0.2) is 10.5 Å². The number of hydrogen-bond acceptors (Lipinski definition) is 2. The van der Waals surface area contributed by atoms with Crippen molar-refractivity contribution in [1.82, 2.24) is 0 Å². The summed E-state index contributed by atoms with van der Waals surface area (Å²) in [5, 5.41) is 13.2. The molecular formula is C6H11Cl2O2P. The maximum Gasteiger partial charge on any atom is -0.0303 e. The van der Waals surface area contributed by atoms with Gasteiger partial charge in [-0.1, -0.05) is 30.3 Å². The fraction of sp³-hybridized carbons (Fsp3) is 0. The van der Waals surface area contributed by atoms with Gasteiger partial charge in [-0.25, -0.2) is 0 Å². The Morgan fingerprint density at radius 2 is 1.27 bits per heavy atom. The molecule has 0 aliphatic carbocycles. The lowest BCUT2D eigenvalue weighted by Crippen LogP contribution is -1.82. The second kappa shape index (κ2) is 12.8. The molecule has 0 saturated carbocycles. The van der Waals surface area contributed by atoms with Crippen LogP contribution in [0.5, 0.6) is 0 Å². The highest BCUT2D eigenvalue weighted by Crippen LogP contribution is 1.86. The van der Waals surface area contributed by atoms with E-state index in [9.17, 15) is 0 Å². The SMILES string of the molecule is Cl.Cl.OO.Pc1ccccc1. The van der Waals surface area contributed by atoms with Crippen molar-refractivity contribution in [2.45, 2.75) is 0 Å². The zero-order valence-corrected chi connectivity index (χ0v) is 8.46. The van der Waals surface area contributed by atoms with Crippen molar-refractivity contribution in [3.63, 3.8) is 0 Å². The smallest absolute Gasteiger partial charge is 0.0303 e. The van der Waals surface area contributed by atoms with Crippen LogP contribution in [0.15, 0.2) is 30.3 Å². The predicted octanol–water partition coefficient (Wildman–Crippen LogP) is 2.05. The molecule has 5 heteroatoms. The summed E-state index contributed by atoms with van der Waals surface area (Å²) in [6.07, 6.45) is 0. The van der Waals surface area contributed by atoms with Crippen molar-refractivity contribution in [2.75, 3.05) is 0 Å². The molecule has 1 unspecified atom stereocenters. The molecule has 0 spiro atoms. The molecule has 1 aromatic rings. The predicted molar refractivity (Wildman–Crippen MR) is 55.5 cm³/mol. The quantitative estimate of drug-likeness (QED) is 0.396. The summed E-state index contributed by atoms with van der Waals surface area (Å²) >= 11 is 0. The molecule has 2 N–H and O–H groups in total. The molecule has 0 saturated heterocycles. The highest BCUT2D eigenvalue weighted by atomic mass is 35.5. The second-order valence-electron chi connectivity index (χ2n) is 1.41. The number of benzene rings is 1. The van der Waals surface area contributed by atoms with Crippen molar-refractivity contribution < 1.29 is 10.5 Å². The fourth-order valence-electron chi connectivity index (χ4n) is 0.453. The van der Waals surface area contributed by atoms with E-state index in [-0.39, 0.29) is 24.8 Å². The van der Waals surface area contributed by atoms with Crippen LogP contribution < -0.4 is 5.30 Å². The Morgan fingerprint density at radius 3 is 1.45 bits per heavy atom. The number of halogens is 2. The third kappa shape index (κ3) is 10.2. The van der Waals surface area contributed by atoms with E-state index in [1.807, 2.05) is 30.3 Å². The normalized spacial score (nSPS) is 6.09. The fourth-order valence-corrected chi connectivity index (χ4v) is 0.675. The van der Waals surface area contributed by atoms with Gasteiger partial charge in [0, 0.05) is 0 Å². The van der Waals surface area contributed by atoms with E-state index in [4.69, 9.17) is 10.5 Å². The first-order valence-corrected chi connectivity index (χ1v) is 2.98. The topological polar surface area (TPSA) is 40.5 Å². The average molecular weight is 217 g/mol. The third-order valence-electron chi connectivity index (χ3n) is 0.800. The van der Waals surface area contributed by atoms with Gasteiger partial charge in [-0.05, 0) is 5.30 Å². The molecule has 0 aromatic heterocycles. The molecule has 0 aliphatic rings. The molecule has 2 nitrogen and oxygen atoms in total. The van der Waals surface area contributed by atoms with Crippen LogP contribution in [0.3, 0.4) is 0 Å². The molecule has 1 rings (SSSR count). The Bertz CT molecular complexity index is 149. The lowest BCUT2D eigenvalue weighted by molar-refractivity contribution is -0.176. The van der Waals surface area contributed by atoms with Gasteiger partial charge in [-0.3, -0.25) is 10.5 Å².